The standard InChI is InChI=1S/C11H17N5O2S/c1-12-7-9-6-10(8-15-9)19(17,18)16-3-2-11-13-4-5-14-11/h4-6,8,12,15-16H,2-3,7H2,1H3,(H,13,14). The zero-order chi connectivity index (χ0) is 13.7. The van der Waals surface area contributed by atoms with E-state index in [9.17, 15) is 8.42 Å². The van der Waals surface area contributed by atoms with Crippen LogP contribution in [0.2, 0.25) is 0 Å². The van der Waals surface area contributed by atoms with E-state index < -0.39 is 10.0 Å². The van der Waals surface area contributed by atoms with Gasteiger partial charge in [-0.15, -0.1) is 0 Å². The van der Waals surface area contributed by atoms with Gasteiger partial charge in [0, 0.05) is 43.8 Å². The van der Waals surface area contributed by atoms with E-state index >= 15 is 0 Å². The Morgan fingerprint density at radius 1 is 1.37 bits per heavy atom. The van der Waals surface area contributed by atoms with E-state index in [1.165, 1.54) is 6.20 Å². The van der Waals surface area contributed by atoms with Crippen molar-refractivity contribution in [2.45, 2.75) is 17.9 Å². The quantitative estimate of drug-likeness (QED) is 0.573. The van der Waals surface area contributed by atoms with Gasteiger partial charge in [-0.1, -0.05) is 0 Å². The summed E-state index contributed by atoms with van der Waals surface area (Å²) in [4.78, 5) is 10.1. The van der Waals surface area contributed by atoms with Crippen LogP contribution in [0.25, 0.3) is 0 Å². The molecule has 4 N–H and O–H groups in total. The van der Waals surface area contributed by atoms with Crippen LogP contribution in [-0.4, -0.2) is 37.0 Å². The molecule has 7 nitrogen and oxygen atoms in total. The predicted molar refractivity (Wildman–Crippen MR) is 71.0 cm³/mol. The number of sulfonamides is 1. The van der Waals surface area contributed by atoms with Crippen molar-refractivity contribution in [3.8, 4) is 0 Å². The van der Waals surface area contributed by atoms with Crippen LogP contribution in [0.4, 0.5) is 0 Å². The fourth-order valence-electron chi connectivity index (χ4n) is 1.69. The average molecular weight is 283 g/mol. The maximum Gasteiger partial charge on any atom is 0.242 e. The Hall–Kier alpha value is -1.64. The second-order valence-corrected chi connectivity index (χ2v) is 5.84. The van der Waals surface area contributed by atoms with Crippen LogP contribution in [0.1, 0.15) is 11.5 Å². The van der Waals surface area contributed by atoms with E-state index in [1.54, 1.807) is 25.5 Å². The maximum absolute atomic E-state index is 12.0. The molecule has 19 heavy (non-hydrogen) atoms. The summed E-state index contributed by atoms with van der Waals surface area (Å²) >= 11 is 0. The number of hydrogen-bond donors (Lipinski definition) is 4. The lowest BCUT2D eigenvalue weighted by Crippen LogP contribution is -2.25. The molecule has 0 aliphatic rings. The fourth-order valence-corrected chi connectivity index (χ4v) is 2.74. The Kier molecular flexibility index (Phi) is 4.35. The molecule has 2 rings (SSSR count). The molecule has 0 aliphatic heterocycles. The van der Waals surface area contributed by atoms with Crippen LogP contribution in [0.15, 0.2) is 29.6 Å². The Morgan fingerprint density at radius 2 is 2.21 bits per heavy atom. The van der Waals surface area contributed by atoms with Gasteiger partial charge in [0.25, 0.3) is 0 Å². The Balaban J connectivity index is 1.93. The fraction of sp³-hybridized carbons (Fsp3) is 0.364. The Labute approximate surface area is 111 Å². The van der Waals surface area contributed by atoms with Crippen LogP contribution < -0.4 is 10.0 Å². The Morgan fingerprint density at radius 3 is 2.89 bits per heavy atom. The molecule has 0 bridgehead atoms. The number of nitrogens with one attached hydrogen (secondary N) is 4. The third kappa shape index (κ3) is 3.66. The zero-order valence-electron chi connectivity index (χ0n) is 10.6. The first-order valence-electron chi connectivity index (χ1n) is 5.91. The lowest BCUT2D eigenvalue weighted by molar-refractivity contribution is 0.581. The van der Waals surface area contributed by atoms with Crippen molar-refractivity contribution in [2.75, 3.05) is 13.6 Å². The molecule has 0 aromatic carbocycles. The first-order chi connectivity index (χ1) is 9.12. The number of nitrogens with zero attached hydrogens (tertiary/aromatic N) is 1. The molecule has 0 atom stereocenters. The van der Waals surface area contributed by atoms with E-state index in [1.807, 2.05) is 0 Å². The zero-order valence-corrected chi connectivity index (χ0v) is 11.4. The Bertz CT molecular complexity index is 603. The molecule has 2 aromatic rings. The molecule has 0 spiro atoms. The first-order valence-corrected chi connectivity index (χ1v) is 7.40. The van der Waals surface area contributed by atoms with Gasteiger partial charge in [-0.05, 0) is 13.1 Å². The second-order valence-electron chi connectivity index (χ2n) is 4.07. The van der Waals surface area contributed by atoms with E-state index in [0.29, 0.717) is 19.5 Å². The van der Waals surface area contributed by atoms with Gasteiger partial charge in [0.15, 0.2) is 0 Å². The summed E-state index contributed by atoms with van der Waals surface area (Å²) in [5.41, 5.74) is 0.828. The summed E-state index contributed by atoms with van der Waals surface area (Å²) in [5.74, 6) is 0.757. The summed E-state index contributed by atoms with van der Waals surface area (Å²) in [6.07, 6.45) is 5.36. The van der Waals surface area contributed by atoms with Gasteiger partial charge in [0.1, 0.15) is 5.82 Å². The van der Waals surface area contributed by atoms with Gasteiger partial charge < -0.3 is 15.3 Å². The van der Waals surface area contributed by atoms with Crippen LogP contribution >= 0.6 is 0 Å². The molecule has 104 valence electrons. The summed E-state index contributed by atoms with van der Waals surface area (Å²) < 4.78 is 26.5. The van der Waals surface area contributed by atoms with E-state index in [0.717, 1.165) is 11.5 Å². The molecule has 2 aromatic heterocycles. The number of H-pyrrole nitrogens is 2. The van der Waals surface area contributed by atoms with E-state index in [2.05, 4.69) is 25.0 Å². The number of imidazole rings is 1. The highest BCUT2D eigenvalue weighted by Gasteiger charge is 2.15. The van der Waals surface area contributed by atoms with Crippen molar-refractivity contribution in [3.05, 3.63) is 36.2 Å². The minimum absolute atomic E-state index is 0.247. The molecule has 0 amide bonds. The lowest BCUT2D eigenvalue weighted by Gasteiger charge is -2.03. The molecule has 0 radical (unpaired) electrons. The number of aromatic nitrogens is 3. The monoisotopic (exact) mass is 283 g/mol. The van der Waals surface area contributed by atoms with Crippen LogP contribution in [0.3, 0.4) is 0 Å². The highest BCUT2D eigenvalue weighted by Crippen LogP contribution is 2.10. The third-order valence-corrected chi connectivity index (χ3v) is 4.04. The van der Waals surface area contributed by atoms with Gasteiger partial charge in [-0.3, -0.25) is 0 Å². The summed E-state index contributed by atoms with van der Waals surface area (Å²) in [7, 11) is -1.66. The normalized spacial score (nSPS) is 11.8. The van der Waals surface area contributed by atoms with Crippen molar-refractivity contribution in [3.63, 3.8) is 0 Å². The molecule has 0 fully saturated rings. The summed E-state index contributed by atoms with van der Waals surface area (Å²) in [6, 6.07) is 1.62. The highest BCUT2D eigenvalue weighted by atomic mass is 32.2. The van der Waals surface area contributed by atoms with Crippen molar-refractivity contribution in [1.82, 2.24) is 25.0 Å². The van der Waals surface area contributed by atoms with Crippen LogP contribution in [-0.2, 0) is 23.0 Å². The molecule has 0 saturated heterocycles. The lowest BCUT2D eigenvalue weighted by atomic mass is 10.4. The van der Waals surface area contributed by atoms with Crippen LogP contribution in [0, 0.1) is 0 Å². The largest absolute Gasteiger partial charge is 0.363 e. The molecular formula is C11H17N5O2S. The highest BCUT2D eigenvalue weighted by molar-refractivity contribution is 7.89. The molecule has 8 heteroatoms. The van der Waals surface area contributed by atoms with Crippen molar-refractivity contribution >= 4 is 10.0 Å². The average Bonchev–Trinajstić information content (AvgIpc) is 3.00. The molecule has 0 saturated carbocycles. The molecule has 2 heterocycles. The number of hydrogen-bond acceptors (Lipinski definition) is 4. The van der Waals surface area contributed by atoms with E-state index in [4.69, 9.17) is 0 Å². The summed E-state index contributed by atoms with van der Waals surface area (Å²) in [5, 5.41) is 2.95. The smallest absolute Gasteiger partial charge is 0.242 e. The van der Waals surface area contributed by atoms with Crippen molar-refractivity contribution < 1.29 is 8.42 Å². The topological polar surface area (TPSA) is 103 Å². The molecule has 0 unspecified atom stereocenters. The second kappa shape index (κ2) is 6.00. The van der Waals surface area contributed by atoms with E-state index in [-0.39, 0.29) is 4.90 Å². The van der Waals surface area contributed by atoms with Gasteiger partial charge >= 0.3 is 0 Å². The minimum atomic E-state index is -3.46. The molecular weight excluding hydrogens is 266 g/mol. The van der Waals surface area contributed by atoms with Gasteiger partial charge in [0.05, 0.1) is 4.90 Å². The van der Waals surface area contributed by atoms with Crippen molar-refractivity contribution in [1.29, 1.82) is 0 Å². The number of rotatable bonds is 7. The molecule has 0 aliphatic carbocycles. The maximum atomic E-state index is 12.0. The minimum Gasteiger partial charge on any atom is -0.363 e. The van der Waals surface area contributed by atoms with Crippen molar-refractivity contribution in [2.24, 2.45) is 0 Å². The van der Waals surface area contributed by atoms with Crippen LogP contribution in [0.5, 0.6) is 0 Å². The summed E-state index contributed by atoms with van der Waals surface area (Å²) in [6.45, 7) is 0.907. The van der Waals surface area contributed by atoms with Gasteiger partial charge in [-0.25, -0.2) is 18.1 Å². The SMILES string of the molecule is CNCc1cc(S(=O)(=O)NCCc2ncc[nH]2)c[nH]1. The van der Waals surface area contributed by atoms with Gasteiger partial charge in [-0.2, -0.15) is 0 Å². The van der Waals surface area contributed by atoms with Gasteiger partial charge in [0.2, 0.25) is 10.0 Å². The first kappa shape index (κ1) is 13.8. The third-order valence-electron chi connectivity index (χ3n) is 2.60. The number of aromatic amines is 2. The predicted octanol–water partition coefficient (Wildman–Crippen LogP) is -0.0218.